The number of rotatable bonds is 15. The van der Waals surface area contributed by atoms with E-state index in [4.69, 9.17) is 10.5 Å². The number of carbonyl (C=O) groups excluding carboxylic acids is 3. The molecule has 0 heterocycles. The highest BCUT2D eigenvalue weighted by atomic mass is 16.5. The third kappa shape index (κ3) is 10.5. The molecule has 1 amide bonds. The van der Waals surface area contributed by atoms with Crippen molar-refractivity contribution in [2.75, 3.05) is 20.2 Å². The van der Waals surface area contributed by atoms with E-state index in [9.17, 15) is 19.5 Å². The zero-order chi connectivity index (χ0) is 23.2. The highest BCUT2D eigenvalue weighted by Crippen LogP contribution is 2.14. The van der Waals surface area contributed by atoms with Gasteiger partial charge in [0, 0.05) is 25.5 Å². The van der Waals surface area contributed by atoms with Crippen LogP contribution in [0.2, 0.25) is 0 Å². The van der Waals surface area contributed by atoms with E-state index >= 15 is 0 Å². The molecule has 8 heteroatoms. The molecule has 0 aliphatic carbocycles. The van der Waals surface area contributed by atoms with E-state index in [1.165, 1.54) is 0 Å². The van der Waals surface area contributed by atoms with Gasteiger partial charge in [0.15, 0.2) is 5.78 Å². The smallest absolute Gasteiger partial charge is 0.306 e. The molecule has 3 unspecified atom stereocenters. The van der Waals surface area contributed by atoms with Gasteiger partial charge < -0.3 is 26.2 Å². The fourth-order valence-corrected chi connectivity index (χ4v) is 3.24. The van der Waals surface area contributed by atoms with Crippen LogP contribution in [-0.4, -0.2) is 55.0 Å². The average molecular weight is 436 g/mol. The first-order valence-electron chi connectivity index (χ1n) is 10.8. The molecular formula is C23H37N3O5. The first-order chi connectivity index (χ1) is 14.8. The van der Waals surface area contributed by atoms with Crippen LogP contribution < -0.4 is 16.4 Å². The van der Waals surface area contributed by atoms with Crippen molar-refractivity contribution in [3.8, 4) is 0 Å². The maximum Gasteiger partial charge on any atom is 0.306 e. The summed E-state index contributed by atoms with van der Waals surface area (Å²) in [7, 11) is 1.74. The Morgan fingerprint density at radius 1 is 1.13 bits per heavy atom. The highest BCUT2D eigenvalue weighted by molar-refractivity contribution is 5.92. The van der Waals surface area contributed by atoms with Gasteiger partial charge in [-0.3, -0.25) is 14.4 Å². The summed E-state index contributed by atoms with van der Waals surface area (Å²) in [5, 5.41) is 15.0. The monoisotopic (exact) mass is 435 g/mol. The minimum absolute atomic E-state index is 0.0110. The van der Waals surface area contributed by atoms with Crippen LogP contribution in [0, 0.1) is 11.8 Å². The summed E-state index contributed by atoms with van der Waals surface area (Å²) in [5.41, 5.74) is 6.84. The van der Waals surface area contributed by atoms with Gasteiger partial charge in [-0.25, -0.2) is 0 Å². The number of nitrogens with two attached hydrogens (primary N) is 1. The van der Waals surface area contributed by atoms with E-state index < -0.39 is 29.9 Å². The summed E-state index contributed by atoms with van der Waals surface area (Å²) in [6.07, 6.45) is 0.932. The van der Waals surface area contributed by atoms with Gasteiger partial charge in [0.2, 0.25) is 5.91 Å². The van der Waals surface area contributed by atoms with Crippen LogP contribution >= 0.6 is 0 Å². The van der Waals surface area contributed by atoms with Crippen molar-refractivity contribution in [3.05, 3.63) is 35.9 Å². The molecule has 3 atom stereocenters. The summed E-state index contributed by atoms with van der Waals surface area (Å²) in [4.78, 5) is 37.4. The Morgan fingerprint density at radius 2 is 1.81 bits per heavy atom. The number of esters is 1. The van der Waals surface area contributed by atoms with Gasteiger partial charge in [0.05, 0.1) is 12.1 Å². The van der Waals surface area contributed by atoms with Gasteiger partial charge in [-0.1, -0.05) is 44.2 Å². The molecule has 1 rings (SSSR count). The predicted molar refractivity (Wildman–Crippen MR) is 119 cm³/mol. The zero-order valence-corrected chi connectivity index (χ0v) is 18.8. The summed E-state index contributed by atoms with van der Waals surface area (Å²) < 4.78 is 5.20. The van der Waals surface area contributed by atoms with Crippen LogP contribution in [0.3, 0.4) is 0 Å². The Labute approximate surface area is 184 Å². The molecule has 0 spiro atoms. The predicted octanol–water partition coefficient (Wildman–Crippen LogP) is 1.16. The Morgan fingerprint density at radius 3 is 2.39 bits per heavy atom. The van der Waals surface area contributed by atoms with E-state index in [1.54, 1.807) is 7.05 Å². The number of ketones is 1. The number of amides is 1. The molecule has 0 saturated carbocycles. The molecule has 1 aromatic carbocycles. The Hall–Kier alpha value is -2.29. The second kappa shape index (κ2) is 14.7. The third-order valence-electron chi connectivity index (χ3n) is 4.94. The molecule has 0 saturated heterocycles. The maximum atomic E-state index is 12.9. The molecule has 0 bridgehead atoms. The highest BCUT2D eigenvalue weighted by Gasteiger charge is 2.29. The van der Waals surface area contributed by atoms with E-state index in [2.05, 4.69) is 10.6 Å². The lowest BCUT2D eigenvalue weighted by Gasteiger charge is -2.25. The quantitative estimate of drug-likeness (QED) is 0.304. The molecule has 1 aromatic rings. The minimum atomic E-state index is -0.924. The fourth-order valence-electron chi connectivity index (χ4n) is 3.24. The van der Waals surface area contributed by atoms with Crippen molar-refractivity contribution < 1.29 is 24.2 Å². The van der Waals surface area contributed by atoms with Crippen LogP contribution in [0.15, 0.2) is 30.3 Å². The number of aliphatic hydroxyl groups excluding tert-OH is 1. The second-order valence-corrected chi connectivity index (χ2v) is 8.15. The van der Waals surface area contributed by atoms with Crippen LogP contribution in [-0.2, 0) is 25.7 Å². The lowest BCUT2D eigenvalue weighted by molar-refractivity contribution is -0.145. The number of aliphatic hydroxyl groups is 1. The van der Waals surface area contributed by atoms with Crippen molar-refractivity contribution in [3.63, 3.8) is 0 Å². The molecule has 174 valence electrons. The summed E-state index contributed by atoms with van der Waals surface area (Å²) in [6.45, 7) is 4.42. The van der Waals surface area contributed by atoms with Gasteiger partial charge in [0.25, 0.3) is 0 Å². The molecular weight excluding hydrogens is 398 g/mol. The van der Waals surface area contributed by atoms with Gasteiger partial charge in [-0.15, -0.1) is 0 Å². The van der Waals surface area contributed by atoms with Gasteiger partial charge in [-0.2, -0.15) is 0 Å². The van der Waals surface area contributed by atoms with E-state index in [0.29, 0.717) is 19.4 Å². The molecule has 0 aliphatic heterocycles. The van der Waals surface area contributed by atoms with E-state index in [-0.39, 0.29) is 37.8 Å². The third-order valence-corrected chi connectivity index (χ3v) is 4.94. The van der Waals surface area contributed by atoms with Crippen LogP contribution in [0.5, 0.6) is 0 Å². The molecule has 0 aliphatic rings. The number of ether oxygens (including phenoxy) is 1. The maximum absolute atomic E-state index is 12.9. The first kappa shape index (κ1) is 26.7. The minimum Gasteiger partial charge on any atom is -0.461 e. The number of carbonyl (C=O) groups is 3. The molecule has 0 aromatic heterocycles. The topological polar surface area (TPSA) is 131 Å². The van der Waals surface area contributed by atoms with Gasteiger partial charge in [0.1, 0.15) is 6.61 Å². The first-order valence-corrected chi connectivity index (χ1v) is 10.8. The van der Waals surface area contributed by atoms with Gasteiger partial charge in [-0.05, 0) is 37.8 Å². The summed E-state index contributed by atoms with van der Waals surface area (Å²) in [6, 6.07) is 7.71. The van der Waals surface area contributed by atoms with Crippen molar-refractivity contribution in [2.45, 2.75) is 58.2 Å². The zero-order valence-electron chi connectivity index (χ0n) is 18.8. The number of nitrogens with one attached hydrogen (secondary N) is 2. The number of hydrogen-bond donors (Lipinski definition) is 4. The molecule has 0 fully saturated rings. The molecule has 8 nitrogen and oxygen atoms in total. The largest absolute Gasteiger partial charge is 0.461 e. The Kier molecular flexibility index (Phi) is 12.7. The molecule has 31 heavy (non-hydrogen) atoms. The van der Waals surface area contributed by atoms with Gasteiger partial charge >= 0.3 is 5.97 Å². The Bertz CT molecular complexity index is 675. The normalized spacial score (nSPS) is 14.0. The van der Waals surface area contributed by atoms with Crippen LogP contribution in [0.4, 0.5) is 0 Å². The summed E-state index contributed by atoms with van der Waals surface area (Å²) in [5.74, 6) is -1.24. The van der Waals surface area contributed by atoms with Crippen molar-refractivity contribution in [1.29, 1.82) is 0 Å². The SMILES string of the molecule is CNCC(CCO)C(=O)C(CC(C)C)NC(=O)C(N)CCC(=O)OCc1ccccc1. The van der Waals surface area contributed by atoms with E-state index in [0.717, 1.165) is 5.56 Å². The van der Waals surface area contributed by atoms with Crippen molar-refractivity contribution in [1.82, 2.24) is 10.6 Å². The van der Waals surface area contributed by atoms with Crippen molar-refractivity contribution >= 4 is 17.7 Å². The number of benzene rings is 1. The van der Waals surface area contributed by atoms with Crippen molar-refractivity contribution in [2.24, 2.45) is 17.6 Å². The Balaban J connectivity index is 2.58. The second-order valence-electron chi connectivity index (χ2n) is 8.15. The van der Waals surface area contributed by atoms with Crippen LogP contribution in [0.1, 0.15) is 45.1 Å². The number of Topliss-reactive ketones (excluding diaryl/α,β-unsaturated/α-hetero) is 1. The average Bonchev–Trinajstić information content (AvgIpc) is 2.75. The van der Waals surface area contributed by atoms with E-state index in [1.807, 2.05) is 44.2 Å². The van der Waals surface area contributed by atoms with Crippen LogP contribution in [0.25, 0.3) is 0 Å². The lowest BCUT2D eigenvalue weighted by atomic mass is 9.90. The molecule has 5 N–H and O–H groups in total. The summed E-state index contributed by atoms with van der Waals surface area (Å²) >= 11 is 0. The number of hydrogen-bond acceptors (Lipinski definition) is 7. The standard InChI is InChI=1S/C23H37N3O5/c1-16(2)13-20(22(29)18(11-12-27)14-25-3)26-23(30)19(24)9-10-21(28)31-15-17-7-5-4-6-8-17/h4-8,16,18-20,25,27H,9-15,24H2,1-3H3,(H,26,30). The molecule has 0 radical (unpaired) electrons. The fraction of sp³-hybridized carbons (Fsp3) is 0.609. The lowest BCUT2D eigenvalue weighted by Crippen LogP contribution is -2.51.